The van der Waals surface area contributed by atoms with Gasteiger partial charge in [-0.25, -0.2) is 18.2 Å². The molecule has 0 aliphatic carbocycles. The van der Waals surface area contributed by atoms with Crippen molar-refractivity contribution in [3.8, 4) is 17.7 Å². The Morgan fingerprint density at radius 2 is 1.76 bits per heavy atom. The van der Waals surface area contributed by atoms with Crippen molar-refractivity contribution < 1.29 is 32.2 Å². The molecule has 3 saturated heterocycles. The first kappa shape index (κ1) is 33.7. The van der Waals surface area contributed by atoms with E-state index in [1.165, 1.54) is 49.7 Å². The molecule has 3 amide bonds. The number of ether oxygens (including phenoxy) is 3. The molecule has 0 saturated carbocycles. The Morgan fingerprint density at radius 3 is 2.48 bits per heavy atom. The van der Waals surface area contributed by atoms with Crippen LogP contribution in [0.4, 0.5) is 10.5 Å². The van der Waals surface area contributed by atoms with E-state index in [4.69, 9.17) is 14.2 Å². The lowest BCUT2D eigenvalue weighted by molar-refractivity contribution is -0.122. The van der Waals surface area contributed by atoms with Crippen LogP contribution in [-0.2, 0) is 25.1 Å². The van der Waals surface area contributed by atoms with Crippen molar-refractivity contribution in [2.24, 2.45) is 5.41 Å². The lowest BCUT2D eigenvalue weighted by Gasteiger charge is -2.60. The van der Waals surface area contributed by atoms with Gasteiger partial charge in [-0.2, -0.15) is 9.57 Å². The van der Waals surface area contributed by atoms with Crippen molar-refractivity contribution in [1.82, 2.24) is 25.0 Å². The van der Waals surface area contributed by atoms with E-state index in [2.05, 4.69) is 26.2 Å². The number of amides is 3. The first-order valence-corrected chi connectivity index (χ1v) is 18.0. The van der Waals surface area contributed by atoms with Crippen LogP contribution in [-0.4, -0.2) is 119 Å². The Bertz CT molecular complexity index is 1950. The highest BCUT2D eigenvalue weighted by molar-refractivity contribution is 7.93. The predicted octanol–water partition coefficient (Wildman–Crippen LogP) is 2.00. The molecule has 5 heterocycles. The summed E-state index contributed by atoms with van der Waals surface area (Å²) < 4.78 is 46.3. The number of nitrogens with one attached hydrogen (secondary N) is 1. The molecule has 1 unspecified atom stereocenters. The molecule has 1 N–H and O–H groups in total. The molecular formula is C35H39N7O7S. The number of morpholine rings is 1. The number of rotatable bonds is 10. The molecule has 3 aromatic rings. The van der Waals surface area contributed by atoms with Gasteiger partial charge in [-0.3, -0.25) is 9.69 Å². The van der Waals surface area contributed by atoms with E-state index in [1.807, 2.05) is 0 Å². The van der Waals surface area contributed by atoms with Gasteiger partial charge >= 0.3 is 6.03 Å². The summed E-state index contributed by atoms with van der Waals surface area (Å²) in [5.41, 5.74) is -1.74. The first-order valence-electron chi connectivity index (χ1n) is 16.6. The number of anilines is 1. The summed E-state index contributed by atoms with van der Waals surface area (Å²) in [4.78, 5) is 39.8. The zero-order chi connectivity index (χ0) is 35.1. The normalized spacial score (nSPS) is 21.6. The summed E-state index contributed by atoms with van der Waals surface area (Å²) in [6.07, 6.45) is 1.49. The number of carbonyl (C=O) groups excluding carboxylic acids is 2. The minimum atomic E-state index is -4.61. The van der Waals surface area contributed by atoms with Gasteiger partial charge < -0.3 is 29.3 Å². The predicted molar refractivity (Wildman–Crippen MR) is 181 cm³/mol. The number of likely N-dealkylation sites (tertiary alicyclic amines) is 2. The second-order valence-electron chi connectivity index (χ2n) is 13.1. The van der Waals surface area contributed by atoms with Gasteiger partial charge in [0.05, 0.1) is 49.8 Å². The third kappa shape index (κ3) is 5.62. The molecule has 15 heteroatoms. The Hall–Kier alpha value is -4.75. The zero-order valence-corrected chi connectivity index (χ0v) is 28.8. The number of carbonyl (C=O) groups is 2. The van der Waals surface area contributed by atoms with Crippen LogP contribution in [0.1, 0.15) is 23.6 Å². The maximum atomic E-state index is 15.1. The smallest absolute Gasteiger partial charge is 0.318 e. The van der Waals surface area contributed by atoms with Crippen molar-refractivity contribution >= 4 is 27.6 Å². The van der Waals surface area contributed by atoms with Gasteiger partial charge in [0, 0.05) is 69.5 Å². The molecule has 1 spiro atoms. The number of nitriles is 1. The number of pyridine rings is 1. The Kier molecular flexibility index (Phi) is 8.89. The summed E-state index contributed by atoms with van der Waals surface area (Å²) in [6, 6.07) is 15.0. The second kappa shape index (κ2) is 13.2. The van der Waals surface area contributed by atoms with Crippen LogP contribution in [0.5, 0.6) is 11.6 Å². The summed E-state index contributed by atoms with van der Waals surface area (Å²) in [5, 5.41) is 12.9. The van der Waals surface area contributed by atoms with Gasteiger partial charge in [0.1, 0.15) is 10.6 Å². The second-order valence-corrected chi connectivity index (χ2v) is 14.8. The highest BCUT2D eigenvalue weighted by atomic mass is 32.2. The van der Waals surface area contributed by atoms with E-state index in [0.717, 1.165) is 52.5 Å². The monoisotopic (exact) mass is 701 g/mol. The average Bonchev–Trinajstić information content (AvgIpc) is 3.35. The number of hydrogen-bond donors (Lipinski definition) is 1. The molecule has 1 atom stereocenters. The van der Waals surface area contributed by atoms with Crippen LogP contribution in [0.15, 0.2) is 65.7 Å². The number of fused-ring (bicyclic) bond motifs is 1. The zero-order valence-electron chi connectivity index (χ0n) is 28.0. The number of para-hydroxylation sites is 1. The summed E-state index contributed by atoms with van der Waals surface area (Å²) in [6.45, 7) is 9.94. The van der Waals surface area contributed by atoms with E-state index in [1.54, 1.807) is 30.0 Å². The topological polar surface area (TPSA) is 158 Å². The lowest BCUT2D eigenvalue weighted by atomic mass is 9.73. The maximum Gasteiger partial charge on any atom is 0.318 e. The SMILES string of the molecule is CCOc1ncccc1C1(NC(=O)N2CC3(CN(CCN4CCOCC4)C3)C2)C(=O)N(S(=O)(=O)c2ccccc2OC)c2ccc(C#N)cc21. The van der Waals surface area contributed by atoms with Gasteiger partial charge in [-0.05, 0) is 49.4 Å². The highest BCUT2D eigenvalue weighted by Crippen LogP contribution is 2.50. The number of methoxy groups -OCH3 is 1. The van der Waals surface area contributed by atoms with Crippen molar-refractivity contribution in [2.45, 2.75) is 17.4 Å². The largest absolute Gasteiger partial charge is 0.495 e. The van der Waals surface area contributed by atoms with Gasteiger partial charge in [0.15, 0.2) is 5.54 Å². The third-order valence-corrected chi connectivity index (χ3v) is 11.6. The van der Waals surface area contributed by atoms with E-state index in [0.29, 0.717) is 17.4 Å². The van der Waals surface area contributed by atoms with Crippen LogP contribution >= 0.6 is 0 Å². The van der Waals surface area contributed by atoms with Crippen molar-refractivity contribution in [3.05, 3.63) is 77.5 Å². The number of urea groups is 1. The van der Waals surface area contributed by atoms with Crippen LogP contribution < -0.4 is 19.1 Å². The fourth-order valence-corrected chi connectivity index (χ4v) is 9.15. The van der Waals surface area contributed by atoms with Gasteiger partial charge in [-0.1, -0.05) is 12.1 Å². The molecule has 3 fully saturated rings. The quantitative estimate of drug-likeness (QED) is 0.330. The number of sulfonamides is 1. The molecule has 4 aliphatic heterocycles. The summed E-state index contributed by atoms with van der Waals surface area (Å²) >= 11 is 0. The van der Waals surface area contributed by atoms with E-state index in [9.17, 15) is 18.5 Å². The van der Waals surface area contributed by atoms with Crippen LogP contribution in [0.3, 0.4) is 0 Å². The van der Waals surface area contributed by atoms with Gasteiger partial charge in [0.2, 0.25) is 5.88 Å². The summed E-state index contributed by atoms with van der Waals surface area (Å²) in [5.74, 6) is -0.883. The minimum absolute atomic E-state index is 0.0125. The highest BCUT2D eigenvalue weighted by Gasteiger charge is 2.61. The minimum Gasteiger partial charge on any atom is -0.495 e. The molecule has 0 bridgehead atoms. The van der Waals surface area contributed by atoms with Crippen molar-refractivity contribution in [1.29, 1.82) is 5.26 Å². The van der Waals surface area contributed by atoms with Crippen LogP contribution in [0.25, 0.3) is 0 Å². The number of hydrogen-bond acceptors (Lipinski definition) is 11. The van der Waals surface area contributed by atoms with Crippen LogP contribution in [0, 0.1) is 16.7 Å². The molecule has 4 aliphatic rings. The van der Waals surface area contributed by atoms with Crippen molar-refractivity contribution in [2.75, 3.05) is 83.6 Å². The number of nitrogens with zero attached hydrogens (tertiary/aromatic N) is 6. The fourth-order valence-electron chi connectivity index (χ4n) is 7.52. The molecule has 14 nitrogen and oxygen atoms in total. The van der Waals surface area contributed by atoms with E-state index < -0.39 is 27.5 Å². The molecule has 1 aromatic heterocycles. The molecule has 2 aromatic carbocycles. The molecule has 7 rings (SSSR count). The molecule has 262 valence electrons. The standard InChI is InChI=1S/C35H39N7O7S/c1-3-49-31-26(7-6-12-37-31)35(38-33(44)41-23-34(24-41)21-40(22-34)14-13-39-15-17-48-18-16-39)27-19-25(20-36)10-11-28(27)42(32(35)43)50(45,46)30-9-5-4-8-29(30)47-2/h4-12,19H,3,13-18,21-24H2,1-2H3,(H,38,44). The molecule has 0 radical (unpaired) electrons. The molecule has 50 heavy (non-hydrogen) atoms. The van der Waals surface area contributed by atoms with Gasteiger partial charge in [0.25, 0.3) is 15.9 Å². The van der Waals surface area contributed by atoms with Crippen LogP contribution in [0.2, 0.25) is 0 Å². The Labute approximate surface area is 291 Å². The number of benzene rings is 2. The molecular weight excluding hydrogens is 662 g/mol. The first-order chi connectivity index (χ1) is 24.2. The average molecular weight is 702 g/mol. The fraction of sp³-hybridized carbons (Fsp3) is 0.429. The van der Waals surface area contributed by atoms with E-state index in [-0.39, 0.29) is 50.9 Å². The summed E-state index contributed by atoms with van der Waals surface area (Å²) in [7, 11) is -3.27. The van der Waals surface area contributed by atoms with E-state index >= 15 is 4.79 Å². The van der Waals surface area contributed by atoms with Gasteiger partial charge in [-0.15, -0.1) is 0 Å². The Morgan fingerprint density at radius 1 is 1.02 bits per heavy atom. The third-order valence-electron chi connectivity index (χ3n) is 9.89. The maximum absolute atomic E-state index is 15.1. The Balaban J connectivity index is 1.22. The number of aromatic nitrogens is 1. The lowest BCUT2D eigenvalue weighted by Crippen LogP contribution is -2.74. The van der Waals surface area contributed by atoms with Crippen molar-refractivity contribution in [3.63, 3.8) is 0 Å².